The van der Waals surface area contributed by atoms with Gasteiger partial charge in [-0.1, -0.05) is 30.7 Å². The number of rotatable bonds is 9. The number of nitrogens with one attached hydrogen (secondary N) is 2. The van der Waals surface area contributed by atoms with Crippen LogP contribution in [0.1, 0.15) is 48.8 Å². The summed E-state index contributed by atoms with van der Waals surface area (Å²) in [5, 5.41) is 18.8. The fourth-order valence-corrected chi connectivity index (χ4v) is 4.86. The summed E-state index contributed by atoms with van der Waals surface area (Å²) in [6.45, 7) is 1.78. The normalized spacial score (nSPS) is 14.9. The number of guanidine groups is 1. The minimum atomic E-state index is 0. The molecule has 0 aromatic carbocycles. The molecule has 0 aliphatic heterocycles. The van der Waals surface area contributed by atoms with Crippen LogP contribution in [0.2, 0.25) is 0 Å². The van der Waals surface area contributed by atoms with E-state index in [9.17, 15) is 0 Å². The molecule has 0 amide bonds. The van der Waals surface area contributed by atoms with Gasteiger partial charge in [0.25, 0.3) is 0 Å². The summed E-state index contributed by atoms with van der Waals surface area (Å²) in [7, 11) is 1.82. The number of halogens is 1. The standard InChI is InChI=1S/C19H30N6S2.HI/c1-20-18(22-13-11-16-9-6-14-27-16)21-12-5-10-17-23-24-19(26-2)25(17)15-7-3-4-8-15;/h6,9,14-15H,3-5,7-8,10-13H2,1-2H3,(H2,20,21,22);1H. The Morgan fingerprint density at radius 3 is 2.71 bits per heavy atom. The molecular formula is C19H31IN6S2. The highest BCUT2D eigenvalue weighted by Gasteiger charge is 2.23. The minimum absolute atomic E-state index is 0. The van der Waals surface area contributed by atoms with E-state index in [0.717, 1.165) is 49.3 Å². The van der Waals surface area contributed by atoms with Crippen LogP contribution < -0.4 is 10.6 Å². The lowest BCUT2D eigenvalue weighted by atomic mass is 10.2. The maximum Gasteiger partial charge on any atom is 0.191 e. The molecule has 2 heterocycles. The molecular weight excluding hydrogens is 503 g/mol. The van der Waals surface area contributed by atoms with Crippen molar-refractivity contribution in [2.75, 3.05) is 26.4 Å². The monoisotopic (exact) mass is 534 g/mol. The number of aliphatic imine (C=N–C) groups is 1. The van der Waals surface area contributed by atoms with Gasteiger partial charge in [0.1, 0.15) is 5.82 Å². The predicted molar refractivity (Wildman–Crippen MR) is 130 cm³/mol. The highest BCUT2D eigenvalue weighted by molar-refractivity contribution is 14.0. The summed E-state index contributed by atoms with van der Waals surface area (Å²) in [5.41, 5.74) is 0. The molecule has 1 saturated carbocycles. The Kier molecular flexibility index (Phi) is 10.6. The summed E-state index contributed by atoms with van der Waals surface area (Å²) in [6.07, 6.45) is 10.3. The van der Waals surface area contributed by atoms with Crippen LogP contribution in [-0.4, -0.2) is 47.1 Å². The zero-order valence-electron chi connectivity index (χ0n) is 16.7. The second-order valence-corrected chi connectivity index (χ2v) is 8.58. The van der Waals surface area contributed by atoms with Crippen molar-refractivity contribution < 1.29 is 0 Å². The smallest absolute Gasteiger partial charge is 0.191 e. The van der Waals surface area contributed by atoms with Gasteiger partial charge in [-0.05, 0) is 43.4 Å². The van der Waals surface area contributed by atoms with Crippen molar-refractivity contribution in [3.05, 3.63) is 28.2 Å². The molecule has 6 nitrogen and oxygen atoms in total. The second-order valence-electron chi connectivity index (χ2n) is 6.77. The van der Waals surface area contributed by atoms with Crippen molar-refractivity contribution in [2.45, 2.75) is 56.1 Å². The van der Waals surface area contributed by atoms with Crippen LogP contribution in [0.3, 0.4) is 0 Å². The van der Waals surface area contributed by atoms with E-state index in [1.54, 1.807) is 23.1 Å². The molecule has 0 atom stereocenters. The van der Waals surface area contributed by atoms with Gasteiger partial charge in [0.05, 0.1) is 0 Å². The zero-order chi connectivity index (χ0) is 18.9. The molecule has 1 aliphatic rings. The largest absolute Gasteiger partial charge is 0.356 e. The van der Waals surface area contributed by atoms with Crippen LogP contribution in [0.5, 0.6) is 0 Å². The quantitative estimate of drug-likeness (QED) is 0.167. The fourth-order valence-electron chi connectivity index (χ4n) is 3.58. The molecule has 0 radical (unpaired) electrons. The Morgan fingerprint density at radius 2 is 2.04 bits per heavy atom. The average molecular weight is 535 g/mol. The molecule has 3 rings (SSSR count). The lowest BCUT2D eigenvalue weighted by molar-refractivity contribution is 0.460. The Bertz CT molecular complexity index is 710. The van der Waals surface area contributed by atoms with E-state index in [1.165, 1.54) is 30.6 Å². The summed E-state index contributed by atoms with van der Waals surface area (Å²) >= 11 is 3.50. The maximum absolute atomic E-state index is 4.47. The molecule has 0 bridgehead atoms. The van der Waals surface area contributed by atoms with Gasteiger partial charge in [-0.25, -0.2) is 0 Å². The van der Waals surface area contributed by atoms with Crippen LogP contribution in [-0.2, 0) is 12.8 Å². The third-order valence-corrected chi connectivity index (χ3v) is 6.52. The molecule has 0 unspecified atom stereocenters. The van der Waals surface area contributed by atoms with E-state index < -0.39 is 0 Å². The van der Waals surface area contributed by atoms with E-state index >= 15 is 0 Å². The zero-order valence-corrected chi connectivity index (χ0v) is 20.7. The molecule has 2 N–H and O–H groups in total. The highest BCUT2D eigenvalue weighted by atomic mass is 127. The Labute approximate surface area is 193 Å². The molecule has 0 spiro atoms. The van der Waals surface area contributed by atoms with Crippen molar-refractivity contribution in [2.24, 2.45) is 4.99 Å². The van der Waals surface area contributed by atoms with E-state index in [4.69, 9.17) is 0 Å². The first kappa shape index (κ1) is 23.5. The van der Waals surface area contributed by atoms with Gasteiger partial charge in [-0.15, -0.1) is 45.5 Å². The Hall–Kier alpha value is -0.810. The van der Waals surface area contributed by atoms with Crippen LogP contribution in [0.15, 0.2) is 27.7 Å². The first-order chi connectivity index (χ1) is 13.3. The number of thiophene rings is 1. The number of nitrogens with zero attached hydrogens (tertiary/aromatic N) is 4. The van der Waals surface area contributed by atoms with Crippen molar-refractivity contribution in [1.82, 2.24) is 25.4 Å². The molecule has 9 heteroatoms. The van der Waals surface area contributed by atoms with Crippen molar-refractivity contribution in [3.8, 4) is 0 Å². The molecule has 2 aromatic rings. The molecule has 2 aromatic heterocycles. The maximum atomic E-state index is 4.47. The second kappa shape index (κ2) is 12.7. The van der Waals surface area contributed by atoms with Gasteiger partial charge in [0.15, 0.2) is 11.1 Å². The van der Waals surface area contributed by atoms with E-state index in [1.807, 2.05) is 7.05 Å². The Morgan fingerprint density at radius 1 is 1.25 bits per heavy atom. The topological polar surface area (TPSA) is 67.1 Å². The van der Waals surface area contributed by atoms with Crippen molar-refractivity contribution in [3.63, 3.8) is 0 Å². The summed E-state index contributed by atoms with van der Waals surface area (Å²) < 4.78 is 2.39. The number of hydrogen-bond donors (Lipinski definition) is 2. The molecule has 156 valence electrons. The predicted octanol–water partition coefficient (Wildman–Crippen LogP) is 4.13. The fraction of sp³-hybridized carbons (Fsp3) is 0.632. The van der Waals surface area contributed by atoms with Gasteiger partial charge < -0.3 is 15.2 Å². The van der Waals surface area contributed by atoms with Crippen LogP contribution in [0, 0.1) is 0 Å². The lowest BCUT2D eigenvalue weighted by Gasteiger charge is -2.16. The number of hydrogen-bond acceptors (Lipinski definition) is 5. The van der Waals surface area contributed by atoms with E-state index in [0.29, 0.717) is 6.04 Å². The van der Waals surface area contributed by atoms with Gasteiger partial charge in [-0.3, -0.25) is 4.99 Å². The third-order valence-electron chi connectivity index (χ3n) is 4.94. The summed E-state index contributed by atoms with van der Waals surface area (Å²) in [5.74, 6) is 2.00. The number of aryl methyl sites for hydroxylation is 1. The van der Waals surface area contributed by atoms with Crippen LogP contribution in [0.25, 0.3) is 0 Å². The van der Waals surface area contributed by atoms with Gasteiger partial charge in [-0.2, -0.15) is 0 Å². The van der Waals surface area contributed by atoms with Crippen molar-refractivity contribution in [1.29, 1.82) is 0 Å². The summed E-state index contributed by atoms with van der Waals surface area (Å²) in [6, 6.07) is 4.86. The first-order valence-electron chi connectivity index (χ1n) is 9.76. The molecule has 28 heavy (non-hydrogen) atoms. The average Bonchev–Trinajstić information content (AvgIpc) is 3.44. The lowest BCUT2D eigenvalue weighted by Crippen LogP contribution is -2.38. The molecule has 0 saturated heterocycles. The number of thioether (sulfide) groups is 1. The van der Waals surface area contributed by atoms with Gasteiger partial charge >= 0.3 is 0 Å². The Balaban J connectivity index is 0.00000280. The number of aromatic nitrogens is 3. The third kappa shape index (κ3) is 6.62. The molecule has 1 aliphatic carbocycles. The van der Waals surface area contributed by atoms with Crippen LogP contribution in [0.4, 0.5) is 0 Å². The first-order valence-corrected chi connectivity index (χ1v) is 11.9. The van der Waals surface area contributed by atoms with Gasteiger partial charge in [0.2, 0.25) is 0 Å². The van der Waals surface area contributed by atoms with E-state index in [2.05, 4.69) is 54.2 Å². The SMILES string of the molecule is CN=C(NCCCc1nnc(SC)n1C1CCCC1)NCCc1cccs1.I. The van der Waals surface area contributed by atoms with Gasteiger partial charge in [0, 0.05) is 37.5 Å². The minimum Gasteiger partial charge on any atom is -0.356 e. The van der Waals surface area contributed by atoms with Crippen molar-refractivity contribution >= 4 is 53.0 Å². The highest BCUT2D eigenvalue weighted by Crippen LogP contribution is 2.33. The summed E-state index contributed by atoms with van der Waals surface area (Å²) in [4.78, 5) is 5.71. The molecule has 1 fully saturated rings. The van der Waals surface area contributed by atoms with E-state index in [-0.39, 0.29) is 24.0 Å². The van der Waals surface area contributed by atoms with Crippen LogP contribution >= 0.6 is 47.1 Å².